The second kappa shape index (κ2) is 6.35. The van der Waals surface area contributed by atoms with Gasteiger partial charge in [-0.05, 0) is 38.4 Å². The van der Waals surface area contributed by atoms with Crippen LogP contribution in [0.4, 0.5) is 0 Å². The molecule has 5 heteroatoms. The lowest BCUT2D eigenvalue weighted by molar-refractivity contribution is -0.134. The summed E-state index contributed by atoms with van der Waals surface area (Å²) in [6.07, 6.45) is 1.90. The number of fused-ring (bicyclic) bond motifs is 1. The molecule has 1 fully saturated rings. The molecule has 0 saturated carbocycles. The number of likely N-dealkylation sites (N-methyl/N-ethyl adjacent to an activating group) is 1. The molecule has 2 aliphatic rings. The summed E-state index contributed by atoms with van der Waals surface area (Å²) in [6, 6.07) is 7.63. The maximum atomic E-state index is 12.5. The van der Waals surface area contributed by atoms with Crippen LogP contribution >= 0.6 is 0 Å². The first-order chi connectivity index (χ1) is 10.3. The lowest BCUT2D eigenvalue weighted by atomic mass is 10.2. The van der Waals surface area contributed by atoms with Crippen molar-refractivity contribution in [2.24, 2.45) is 0 Å². The number of hydrogen-bond donors (Lipinski definition) is 1. The summed E-state index contributed by atoms with van der Waals surface area (Å²) >= 11 is 0. The molecule has 2 aliphatic heterocycles. The van der Waals surface area contributed by atoms with E-state index in [1.165, 1.54) is 0 Å². The highest BCUT2D eigenvalue weighted by Gasteiger charge is 2.29. The number of ether oxygens (including phenoxy) is 2. The van der Waals surface area contributed by atoms with E-state index >= 15 is 0 Å². The molecule has 0 bridgehead atoms. The minimum atomic E-state index is -0.106. The Balaban J connectivity index is 1.61. The Morgan fingerprint density at radius 1 is 1.38 bits per heavy atom. The highest BCUT2D eigenvalue weighted by atomic mass is 16.6. The predicted octanol–water partition coefficient (Wildman–Crippen LogP) is 1.43. The van der Waals surface area contributed by atoms with E-state index in [0.717, 1.165) is 30.9 Å². The highest BCUT2D eigenvalue weighted by molar-refractivity contribution is 5.82. The van der Waals surface area contributed by atoms with Crippen LogP contribution in [0.15, 0.2) is 24.3 Å². The Morgan fingerprint density at radius 2 is 2.19 bits per heavy atom. The summed E-state index contributed by atoms with van der Waals surface area (Å²) in [5.41, 5.74) is 0. The van der Waals surface area contributed by atoms with Crippen LogP contribution in [0.5, 0.6) is 11.5 Å². The Labute approximate surface area is 125 Å². The maximum absolute atomic E-state index is 12.5. The minimum Gasteiger partial charge on any atom is -0.486 e. The van der Waals surface area contributed by atoms with Crippen LogP contribution in [0.1, 0.15) is 19.8 Å². The summed E-state index contributed by atoms with van der Waals surface area (Å²) in [4.78, 5) is 14.3. The molecule has 1 unspecified atom stereocenters. The molecular weight excluding hydrogens is 268 g/mol. The van der Waals surface area contributed by atoms with E-state index in [1.54, 1.807) is 0 Å². The van der Waals surface area contributed by atoms with Crippen molar-refractivity contribution < 1.29 is 14.3 Å². The number of nitrogens with one attached hydrogen (secondary N) is 1. The minimum absolute atomic E-state index is 0.0262. The quantitative estimate of drug-likeness (QED) is 0.911. The zero-order valence-electron chi connectivity index (χ0n) is 12.4. The number of carbonyl (C=O) groups is 1. The molecule has 0 aliphatic carbocycles. The number of para-hydroxylation sites is 2. The van der Waals surface area contributed by atoms with Gasteiger partial charge in [0, 0.05) is 6.54 Å². The van der Waals surface area contributed by atoms with E-state index in [9.17, 15) is 4.79 Å². The van der Waals surface area contributed by atoms with Crippen molar-refractivity contribution in [3.05, 3.63) is 24.3 Å². The molecule has 0 aromatic heterocycles. The van der Waals surface area contributed by atoms with Gasteiger partial charge < -0.3 is 19.7 Å². The number of nitrogens with zero attached hydrogens (tertiary/aromatic N) is 1. The Morgan fingerprint density at radius 3 is 2.90 bits per heavy atom. The predicted molar refractivity (Wildman–Crippen MR) is 79.6 cm³/mol. The summed E-state index contributed by atoms with van der Waals surface area (Å²) in [5, 5.41) is 3.26. The van der Waals surface area contributed by atoms with Crippen molar-refractivity contribution in [1.29, 1.82) is 0 Å². The maximum Gasteiger partial charge on any atom is 0.239 e. The third-order valence-corrected chi connectivity index (χ3v) is 4.04. The molecule has 3 rings (SSSR count). The van der Waals surface area contributed by atoms with Crippen molar-refractivity contribution in [3.8, 4) is 11.5 Å². The normalized spacial score (nSPS) is 23.9. The zero-order chi connectivity index (χ0) is 14.7. The third kappa shape index (κ3) is 3.13. The topological polar surface area (TPSA) is 50.8 Å². The Hall–Kier alpha value is -1.75. The third-order valence-electron chi connectivity index (χ3n) is 4.04. The van der Waals surface area contributed by atoms with Crippen LogP contribution in [-0.2, 0) is 4.79 Å². The van der Waals surface area contributed by atoms with Gasteiger partial charge in [-0.15, -0.1) is 0 Å². The van der Waals surface area contributed by atoms with Gasteiger partial charge >= 0.3 is 0 Å². The van der Waals surface area contributed by atoms with E-state index < -0.39 is 0 Å². The molecule has 5 nitrogen and oxygen atoms in total. The van der Waals surface area contributed by atoms with Gasteiger partial charge in [0.25, 0.3) is 0 Å². The van der Waals surface area contributed by atoms with Crippen molar-refractivity contribution in [2.45, 2.75) is 31.9 Å². The van der Waals surface area contributed by atoms with Gasteiger partial charge in [-0.1, -0.05) is 12.1 Å². The van der Waals surface area contributed by atoms with Gasteiger partial charge in [0.1, 0.15) is 6.61 Å². The molecule has 21 heavy (non-hydrogen) atoms. The van der Waals surface area contributed by atoms with Crippen LogP contribution in [0.2, 0.25) is 0 Å². The second-order valence-corrected chi connectivity index (χ2v) is 5.52. The van der Waals surface area contributed by atoms with Crippen LogP contribution < -0.4 is 14.8 Å². The van der Waals surface area contributed by atoms with Gasteiger partial charge in [-0.3, -0.25) is 4.79 Å². The average Bonchev–Trinajstić information content (AvgIpc) is 3.06. The van der Waals surface area contributed by atoms with Crippen molar-refractivity contribution in [2.75, 3.05) is 26.2 Å². The van der Waals surface area contributed by atoms with E-state index in [4.69, 9.17) is 9.47 Å². The van der Waals surface area contributed by atoms with Gasteiger partial charge in [0.05, 0.1) is 12.6 Å². The SMILES string of the molecule is CCN(CC1COc2ccccc2O1)C(=O)[C@@H]1CCCN1. The number of rotatable bonds is 4. The van der Waals surface area contributed by atoms with Crippen LogP contribution in [-0.4, -0.2) is 49.2 Å². The van der Waals surface area contributed by atoms with E-state index in [-0.39, 0.29) is 18.1 Å². The van der Waals surface area contributed by atoms with Crippen LogP contribution in [0.3, 0.4) is 0 Å². The first-order valence-electron chi connectivity index (χ1n) is 7.68. The monoisotopic (exact) mass is 290 g/mol. The second-order valence-electron chi connectivity index (χ2n) is 5.52. The number of benzene rings is 1. The van der Waals surface area contributed by atoms with Gasteiger partial charge in [0.15, 0.2) is 17.6 Å². The lowest BCUT2D eigenvalue weighted by Gasteiger charge is -2.32. The Bertz CT molecular complexity index is 500. The number of amides is 1. The largest absolute Gasteiger partial charge is 0.486 e. The molecule has 1 N–H and O–H groups in total. The molecule has 114 valence electrons. The van der Waals surface area contributed by atoms with Crippen molar-refractivity contribution >= 4 is 5.91 Å². The molecule has 1 amide bonds. The molecule has 0 radical (unpaired) electrons. The fraction of sp³-hybridized carbons (Fsp3) is 0.562. The summed E-state index contributed by atoms with van der Waals surface area (Å²) in [6.45, 7) is 4.69. The molecule has 2 atom stereocenters. The number of carbonyl (C=O) groups excluding carboxylic acids is 1. The van der Waals surface area contributed by atoms with Crippen molar-refractivity contribution in [1.82, 2.24) is 10.2 Å². The van der Waals surface area contributed by atoms with E-state index in [2.05, 4.69) is 5.32 Å². The zero-order valence-corrected chi connectivity index (χ0v) is 12.4. The fourth-order valence-electron chi connectivity index (χ4n) is 2.89. The van der Waals surface area contributed by atoms with Crippen LogP contribution in [0, 0.1) is 0 Å². The summed E-state index contributed by atoms with van der Waals surface area (Å²) < 4.78 is 11.6. The molecule has 1 aromatic carbocycles. The molecule has 2 heterocycles. The van der Waals surface area contributed by atoms with Gasteiger partial charge in [0.2, 0.25) is 5.91 Å². The standard InChI is InChI=1S/C16H22N2O3/c1-2-18(16(19)13-6-5-9-17-13)10-12-11-20-14-7-3-4-8-15(14)21-12/h3-4,7-8,12-13,17H,2,5-6,9-11H2,1H3/t12?,13-/m0/s1. The van der Waals surface area contributed by atoms with Crippen molar-refractivity contribution in [3.63, 3.8) is 0 Å². The number of hydrogen-bond acceptors (Lipinski definition) is 4. The van der Waals surface area contributed by atoms with Gasteiger partial charge in [-0.25, -0.2) is 0 Å². The Kier molecular flexibility index (Phi) is 4.29. The average molecular weight is 290 g/mol. The summed E-state index contributed by atoms with van der Waals surface area (Å²) in [7, 11) is 0. The molecular formula is C16H22N2O3. The molecule has 1 aromatic rings. The van der Waals surface area contributed by atoms with Gasteiger partial charge in [-0.2, -0.15) is 0 Å². The van der Waals surface area contributed by atoms with E-state index in [0.29, 0.717) is 19.7 Å². The highest BCUT2D eigenvalue weighted by Crippen LogP contribution is 2.31. The smallest absolute Gasteiger partial charge is 0.239 e. The lowest BCUT2D eigenvalue weighted by Crippen LogP contribution is -2.49. The first kappa shape index (κ1) is 14.2. The van der Waals surface area contributed by atoms with Crippen LogP contribution in [0.25, 0.3) is 0 Å². The summed E-state index contributed by atoms with van der Waals surface area (Å²) in [5.74, 6) is 1.72. The van der Waals surface area contributed by atoms with E-state index in [1.807, 2.05) is 36.1 Å². The molecule has 0 spiro atoms. The molecule has 1 saturated heterocycles. The fourth-order valence-corrected chi connectivity index (χ4v) is 2.89. The first-order valence-corrected chi connectivity index (χ1v) is 7.68.